The summed E-state index contributed by atoms with van der Waals surface area (Å²) >= 11 is 1.21. The average molecular weight is 257 g/mol. The SMILES string of the molecule is O=S(=O)(NCCc1cnc[nH]1)c1cccs1. The van der Waals surface area contributed by atoms with Gasteiger partial charge in [-0.3, -0.25) is 0 Å². The third-order valence-corrected chi connectivity index (χ3v) is 4.86. The maximum Gasteiger partial charge on any atom is 0.250 e. The first-order valence-electron chi connectivity index (χ1n) is 4.69. The molecule has 2 aromatic heterocycles. The fourth-order valence-electron chi connectivity index (χ4n) is 1.23. The Hall–Kier alpha value is -1.18. The van der Waals surface area contributed by atoms with E-state index in [4.69, 9.17) is 0 Å². The summed E-state index contributed by atoms with van der Waals surface area (Å²) in [5.74, 6) is 0. The highest BCUT2D eigenvalue weighted by atomic mass is 32.2. The van der Waals surface area contributed by atoms with E-state index in [1.165, 1.54) is 11.3 Å². The molecular formula is C9H11N3O2S2. The lowest BCUT2D eigenvalue weighted by atomic mass is 10.3. The summed E-state index contributed by atoms with van der Waals surface area (Å²) < 4.78 is 26.3. The van der Waals surface area contributed by atoms with E-state index in [9.17, 15) is 8.42 Å². The molecule has 0 fully saturated rings. The number of nitrogens with zero attached hydrogens (tertiary/aromatic N) is 1. The van der Waals surface area contributed by atoms with Gasteiger partial charge in [0.1, 0.15) is 4.21 Å². The third-order valence-electron chi connectivity index (χ3n) is 2.00. The van der Waals surface area contributed by atoms with Gasteiger partial charge in [-0.05, 0) is 11.4 Å². The molecule has 0 saturated carbocycles. The monoisotopic (exact) mass is 257 g/mol. The van der Waals surface area contributed by atoms with E-state index >= 15 is 0 Å². The number of thiophene rings is 1. The number of rotatable bonds is 5. The maximum absolute atomic E-state index is 11.7. The number of hydrogen-bond acceptors (Lipinski definition) is 4. The second-order valence-electron chi connectivity index (χ2n) is 3.16. The highest BCUT2D eigenvalue weighted by Crippen LogP contribution is 2.14. The van der Waals surface area contributed by atoms with E-state index in [2.05, 4.69) is 14.7 Å². The zero-order chi connectivity index (χ0) is 11.4. The fraction of sp³-hybridized carbons (Fsp3) is 0.222. The predicted molar refractivity (Wildman–Crippen MR) is 61.8 cm³/mol. The molecule has 2 heterocycles. The Morgan fingerprint density at radius 1 is 1.50 bits per heavy atom. The first kappa shape index (κ1) is 11.3. The molecule has 5 nitrogen and oxygen atoms in total. The molecule has 86 valence electrons. The average Bonchev–Trinajstić information content (AvgIpc) is 2.90. The van der Waals surface area contributed by atoms with Gasteiger partial charge in [0.05, 0.1) is 6.33 Å². The van der Waals surface area contributed by atoms with Crippen molar-refractivity contribution in [2.24, 2.45) is 0 Å². The minimum atomic E-state index is -3.34. The smallest absolute Gasteiger partial charge is 0.250 e. The van der Waals surface area contributed by atoms with Crippen LogP contribution in [0.15, 0.2) is 34.2 Å². The third kappa shape index (κ3) is 2.69. The number of hydrogen-bond donors (Lipinski definition) is 2. The molecule has 0 amide bonds. The van der Waals surface area contributed by atoms with Gasteiger partial charge in [0, 0.05) is 24.9 Å². The molecule has 0 aromatic carbocycles. The van der Waals surface area contributed by atoms with Crippen LogP contribution in [0.25, 0.3) is 0 Å². The number of nitrogens with one attached hydrogen (secondary N) is 2. The molecule has 0 radical (unpaired) electrons. The van der Waals surface area contributed by atoms with Crippen LogP contribution in [-0.4, -0.2) is 24.9 Å². The number of H-pyrrole nitrogens is 1. The van der Waals surface area contributed by atoms with Gasteiger partial charge in [-0.25, -0.2) is 18.1 Å². The Balaban J connectivity index is 1.91. The summed E-state index contributed by atoms with van der Waals surface area (Å²) in [6.07, 6.45) is 3.85. The zero-order valence-corrected chi connectivity index (χ0v) is 10.0. The Labute approximate surface area is 97.6 Å². The van der Waals surface area contributed by atoms with E-state index in [1.807, 2.05) is 0 Å². The molecule has 0 bridgehead atoms. The number of aromatic nitrogens is 2. The molecule has 0 aliphatic heterocycles. The van der Waals surface area contributed by atoms with Gasteiger partial charge in [0.15, 0.2) is 0 Å². The van der Waals surface area contributed by atoms with Crippen molar-refractivity contribution in [1.29, 1.82) is 0 Å². The lowest BCUT2D eigenvalue weighted by Crippen LogP contribution is -2.25. The normalized spacial score (nSPS) is 11.8. The van der Waals surface area contributed by atoms with Crippen molar-refractivity contribution in [2.75, 3.05) is 6.54 Å². The van der Waals surface area contributed by atoms with Gasteiger partial charge in [-0.1, -0.05) is 6.07 Å². The van der Waals surface area contributed by atoms with Crippen LogP contribution >= 0.6 is 11.3 Å². The van der Waals surface area contributed by atoms with Crippen molar-refractivity contribution >= 4 is 21.4 Å². The highest BCUT2D eigenvalue weighted by molar-refractivity contribution is 7.91. The van der Waals surface area contributed by atoms with Crippen LogP contribution < -0.4 is 4.72 Å². The molecule has 0 aliphatic rings. The van der Waals surface area contributed by atoms with Gasteiger partial charge < -0.3 is 4.98 Å². The minimum Gasteiger partial charge on any atom is -0.348 e. The molecule has 0 saturated heterocycles. The summed E-state index contributed by atoms with van der Waals surface area (Å²) in [5, 5.41) is 1.74. The molecular weight excluding hydrogens is 246 g/mol. The summed E-state index contributed by atoms with van der Waals surface area (Å²) in [4.78, 5) is 6.77. The number of aromatic amines is 1. The van der Waals surface area contributed by atoms with Crippen LogP contribution in [0.5, 0.6) is 0 Å². The quantitative estimate of drug-likeness (QED) is 0.839. The van der Waals surface area contributed by atoms with E-state index in [1.54, 1.807) is 30.0 Å². The van der Waals surface area contributed by atoms with E-state index in [0.29, 0.717) is 17.2 Å². The van der Waals surface area contributed by atoms with Crippen molar-refractivity contribution in [3.05, 3.63) is 35.7 Å². The Kier molecular flexibility index (Phi) is 3.37. The predicted octanol–water partition coefficient (Wildman–Crippen LogP) is 0.992. The van der Waals surface area contributed by atoms with Gasteiger partial charge in [-0.15, -0.1) is 11.3 Å². The molecule has 0 unspecified atom stereocenters. The van der Waals surface area contributed by atoms with Crippen LogP contribution in [0.2, 0.25) is 0 Å². The molecule has 0 aliphatic carbocycles. The van der Waals surface area contributed by atoms with Crippen molar-refractivity contribution < 1.29 is 8.42 Å². The van der Waals surface area contributed by atoms with Crippen LogP contribution in [0.1, 0.15) is 5.69 Å². The van der Waals surface area contributed by atoms with Crippen LogP contribution in [0.3, 0.4) is 0 Å². The molecule has 0 spiro atoms. The molecule has 0 atom stereocenters. The minimum absolute atomic E-state index is 0.345. The van der Waals surface area contributed by atoms with E-state index in [0.717, 1.165) is 5.69 Å². The number of imidazole rings is 1. The van der Waals surface area contributed by atoms with Crippen molar-refractivity contribution in [3.63, 3.8) is 0 Å². The summed E-state index contributed by atoms with van der Waals surface area (Å²) in [6, 6.07) is 3.30. The molecule has 2 N–H and O–H groups in total. The van der Waals surface area contributed by atoms with Crippen LogP contribution in [0.4, 0.5) is 0 Å². The molecule has 7 heteroatoms. The lowest BCUT2D eigenvalue weighted by molar-refractivity contribution is 0.583. The first-order valence-corrected chi connectivity index (χ1v) is 7.05. The summed E-state index contributed by atoms with van der Waals surface area (Å²) in [5.41, 5.74) is 0.911. The van der Waals surface area contributed by atoms with Crippen LogP contribution in [0, 0.1) is 0 Å². The van der Waals surface area contributed by atoms with Gasteiger partial charge in [-0.2, -0.15) is 0 Å². The van der Waals surface area contributed by atoms with Gasteiger partial charge in [0.25, 0.3) is 0 Å². The molecule has 2 aromatic rings. The standard InChI is InChI=1S/C9H11N3O2S2/c13-16(14,9-2-1-5-15-9)12-4-3-8-6-10-7-11-8/h1-2,5-7,12H,3-4H2,(H,10,11). The highest BCUT2D eigenvalue weighted by Gasteiger charge is 2.13. The molecule has 16 heavy (non-hydrogen) atoms. The van der Waals surface area contributed by atoms with Crippen molar-refractivity contribution in [2.45, 2.75) is 10.6 Å². The topological polar surface area (TPSA) is 74.8 Å². The van der Waals surface area contributed by atoms with Gasteiger partial charge in [0.2, 0.25) is 10.0 Å². The second-order valence-corrected chi connectivity index (χ2v) is 6.10. The van der Waals surface area contributed by atoms with E-state index < -0.39 is 10.0 Å². The Bertz CT molecular complexity index is 517. The maximum atomic E-state index is 11.7. The fourth-order valence-corrected chi connectivity index (χ4v) is 3.30. The largest absolute Gasteiger partial charge is 0.348 e. The van der Waals surface area contributed by atoms with E-state index in [-0.39, 0.29) is 0 Å². The van der Waals surface area contributed by atoms with Crippen molar-refractivity contribution in [1.82, 2.24) is 14.7 Å². The van der Waals surface area contributed by atoms with Crippen molar-refractivity contribution in [3.8, 4) is 0 Å². The number of sulfonamides is 1. The summed E-state index contributed by atoms with van der Waals surface area (Å²) in [6.45, 7) is 0.364. The second kappa shape index (κ2) is 4.77. The van der Waals surface area contributed by atoms with Gasteiger partial charge >= 0.3 is 0 Å². The lowest BCUT2D eigenvalue weighted by Gasteiger charge is -2.03. The molecule has 2 rings (SSSR count). The first-order chi connectivity index (χ1) is 7.68. The Morgan fingerprint density at radius 2 is 2.38 bits per heavy atom. The Morgan fingerprint density at radius 3 is 3.00 bits per heavy atom. The summed E-state index contributed by atoms with van der Waals surface area (Å²) in [7, 11) is -3.34. The zero-order valence-electron chi connectivity index (χ0n) is 8.38. The van der Waals surface area contributed by atoms with Crippen LogP contribution in [-0.2, 0) is 16.4 Å².